The second-order valence-corrected chi connectivity index (χ2v) is 6.25. The van der Waals surface area contributed by atoms with Gasteiger partial charge < -0.3 is 19.3 Å². The topological polar surface area (TPSA) is 89.7 Å². The first-order valence-corrected chi connectivity index (χ1v) is 8.74. The Kier molecular flexibility index (Phi) is 6.19. The van der Waals surface area contributed by atoms with Crippen molar-refractivity contribution in [2.24, 2.45) is 0 Å². The molecule has 2 aromatic rings. The Balaban J connectivity index is 1.45. The zero-order valence-electron chi connectivity index (χ0n) is 15.1. The number of hydrogen-bond acceptors (Lipinski definition) is 7. The summed E-state index contributed by atoms with van der Waals surface area (Å²) in [6, 6.07) is 7.28. The van der Waals surface area contributed by atoms with Crippen LogP contribution in [0, 0.1) is 6.92 Å². The van der Waals surface area contributed by atoms with Crippen molar-refractivity contribution in [3.8, 4) is 5.75 Å². The van der Waals surface area contributed by atoms with Crippen LogP contribution in [0.15, 0.2) is 28.8 Å². The van der Waals surface area contributed by atoms with E-state index in [2.05, 4.69) is 27.3 Å². The molecular formula is C18H24N4O4. The van der Waals surface area contributed by atoms with Gasteiger partial charge in [0.05, 0.1) is 13.2 Å². The molecule has 1 unspecified atom stereocenters. The van der Waals surface area contributed by atoms with Gasteiger partial charge in [0.2, 0.25) is 11.7 Å². The Bertz CT molecular complexity index is 710. The van der Waals surface area contributed by atoms with Gasteiger partial charge in [0.25, 0.3) is 5.91 Å². The van der Waals surface area contributed by atoms with Gasteiger partial charge in [-0.1, -0.05) is 5.16 Å². The molecule has 8 heteroatoms. The van der Waals surface area contributed by atoms with Gasteiger partial charge >= 0.3 is 0 Å². The van der Waals surface area contributed by atoms with Crippen molar-refractivity contribution in [2.45, 2.75) is 26.5 Å². The molecule has 1 aliphatic rings. The fraction of sp³-hybridized carbons (Fsp3) is 0.500. The third kappa shape index (κ3) is 5.03. The van der Waals surface area contributed by atoms with E-state index in [1.165, 1.54) is 0 Å². The summed E-state index contributed by atoms with van der Waals surface area (Å²) in [4.78, 5) is 18.7. The quantitative estimate of drug-likeness (QED) is 0.798. The third-order valence-corrected chi connectivity index (χ3v) is 4.28. The highest BCUT2D eigenvalue weighted by molar-refractivity contribution is 5.94. The summed E-state index contributed by atoms with van der Waals surface area (Å²) < 4.78 is 15.8. The average molecular weight is 360 g/mol. The molecule has 0 radical (unpaired) electrons. The molecule has 1 aromatic carbocycles. The van der Waals surface area contributed by atoms with Crippen LogP contribution in [0.25, 0.3) is 0 Å². The Morgan fingerprint density at radius 2 is 2.04 bits per heavy atom. The second kappa shape index (κ2) is 8.77. The summed E-state index contributed by atoms with van der Waals surface area (Å²) in [6.45, 7) is 7.98. The van der Waals surface area contributed by atoms with Crippen molar-refractivity contribution in [1.82, 2.24) is 20.4 Å². The summed E-state index contributed by atoms with van der Waals surface area (Å²) in [5, 5.41) is 6.75. The Morgan fingerprint density at radius 3 is 2.69 bits per heavy atom. The number of ether oxygens (including phenoxy) is 2. The lowest BCUT2D eigenvalue weighted by atomic mass is 10.2. The van der Waals surface area contributed by atoms with Crippen LogP contribution in [0.1, 0.15) is 29.0 Å². The van der Waals surface area contributed by atoms with Gasteiger partial charge in [0, 0.05) is 38.2 Å². The maximum atomic E-state index is 12.3. The number of nitrogens with zero attached hydrogens (tertiary/aromatic N) is 3. The molecular weight excluding hydrogens is 336 g/mol. The molecule has 1 fully saturated rings. The molecule has 1 atom stereocenters. The predicted molar refractivity (Wildman–Crippen MR) is 94.0 cm³/mol. The third-order valence-electron chi connectivity index (χ3n) is 4.28. The van der Waals surface area contributed by atoms with E-state index in [4.69, 9.17) is 14.0 Å². The molecule has 140 valence electrons. The molecule has 1 aliphatic heterocycles. The predicted octanol–water partition coefficient (Wildman–Crippen LogP) is 1.41. The number of hydrogen-bond donors (Lipinski definition) is 1. The van der Waals surface area contributed by atoms with E-state index in [1.54, 1.807) is 31.2 Å². The first-order chi connectivity index (χ1) is 12.6. The zero-order valence-corrected chi connectivity index (χ0v) is 15.1. The van der Waals surface area contributed by atoms with Crippen LogP contribution in [-0.2, 0) is 11.3 Å². The van der Waals surface area contributed by atoms with E-state index in [0.717, 1.165) is 26.3 Å². The molecule has 8 nitrogen and oxygen atoms in total. The van der Waals surface area contributed by atoms with Gasteiger partial charge in [-0.25, -0.2) is 0 Å². The molecule has 2 heterocycles. The SMILES string of the molecule is Cc1nc(COc2ccc(C(=O)NCC(C)N3CCOCC3)cc2)no1. The molecule has 0 aliphatic carbocycles. The van der Waals surface area contributed by atoms with Crippen molar-refractivity contribution < 1.29 is 18.8 Å². The number of carbonyl (C=O) groups is 1. The Labute approximate surface area is 152 Å². The first-order valence-electron chi connectivity index (χ1n) is 8.74. The minimum absolute atomic E-state index is 0.0922. The van der Waals surface area contributed by atoms with Gasteiger partial charge in [0.15, 0.2) is 6.61 Å². The fourth-order valence-corrected chi connectivity index (χ4v) is 2.74. The smallest absolute Gasteiger partial charge is 0.251 e. The summed E-state index contributed by atoms with van der Waals surface area (Å²) in [5.41, 5.74) is 0.599. The molecule has 1 N–H and O–H groups in total. The number of aryl methyl sites for hydroxylation is 1. The molecule has 1 amide bonds. The van der Waals surface area contributed by atoms with Crippen molar-refractivity contribution in [3.63, 3.8) is 0 Å². The Hall–Kier alpha value is -2.45. The molecule has 1 saturated heterocycles. The number of aromatic nitrogens is 2. The van der Waals surface area contributed by atoms with E-state index in [1.807, 2.05) is 0 Å². The monoisotopic (exact) mass is 360 g/mol. The van der Waals surface area contributed by atoms with Gasteiger partial charge in [0.1, 0.15) is 5.75 Å². The van der Waals surface area contributed by atoms with Crippen LogP contribution in [-0.4, -0.2) is 59.8 Å². The standard InChI is InChI=1S/C18H24N4O4/c1-13(22-7-9-24-10-8-22)11-19-18(23)15-3-5-16(6-4-15)25-12-17-20-14(2)26-21-17/h3-6,13H,7-12H2,1-2H3,(H,19,23). The minimum Gasteiger partial charge on any atom is -0.485 e. The molecule has 1 aromatic heterocycles. The maximum absolute atomic E-state index is 12.3. The van der Waals surface area contributed by atoms with Gasteiger partial charge in [-0.2, -0.15) is 4.98 Å². The number of nitrogens with one attached hydrogen (secondary N) is 1. The van der Waals surface area contributed by atoms with Crippen molar-refractivity contribution >= 4 is 5.91 Å². The van der Waals surface area contributed by atoms with Crippen LogP contribution in [0.3, 0.4) is 0 Å². The molecule has 0 bridgehead atoms. The van der Waals surface area contributed by atoms with Crippen molar-refractivity contribution in [3.05, 3.63) is 41.5 Å². The molecule has 0 saturated carbocycles. The van der Waals surface area contributed by atoms with Crippen molar-refractivity contribution in [1.29, 1.82) is 0 Å². The molecule has 3 rings (SSSR count). The summed E-state index contributed by atoms with van der Waals surface area (Å²) >= 11 is 0. The van der Waals surface area contributed by atoms with Crippen LogP contribution in [0.5, 0.6) is 5.75 Å². The van der Waals surface area contributed by atoms with E-state index >= 15 is 0 Å². The lowest BCUT2D eigenvalue weighted by Gasteiger charge is -2.32. The molecule has 26 heavy (non-hydrogen) atoms. The highest BCUT2D eigenvalue weighted by atomic mass is 16.5. The normalized spacial score (nSPS) is 16.2. The Morgan fingerprint density at radius 1 is 1.31 bits per heavy atom. The number of carbonyl (C=O) groups excluding carboxylic acids is 1. The maximum Gasteiger partial charge on any atom is 0.251 e. The van der Waals surface area contributed by atoms with Gasteiger partial charge in [-0.05, 0) is 31.2 Å². The summed E-state index contributed by atoms with van der Waals surface area (Å²) in [7, 11) is 0. The number of benzene rings is 1. The van der Waals surface area contributed by atoms with E-state index in [0.29, 0.717) is 29.6 Å². The number of amides is 1. The average Bonchev–Trinajstić information content (AvgIpc) is 3.10. The van der Waals surface area contributed by atoms with Crippen LogP contribution in [0.2, 0.25) is 0 Å². The number of rotatable bonds is 7. The molecule has 0 spiro atoms. The fourth-order valence-electron chi connectivity index (χ4n) is 2.74. The van der Waals surface area contributed by atoms with E-state index in [-0.39, 0.29) is 18.6 Å². The summed E-state index contributed by atoms with van der Waals surface area (Å²) in [6.07, 6.45) is 0. The highest BCUT2D eigenvalue weighted by Gasteiger charge is 2.17. The number of morpholine rings is 1. The highest BCUT2D eigenvalue weighted by Crippen LogP contribution is 2.14. The van der Waals surface area contributed by atoms with Crippen LogP contribution < -0.4 is 10.1 Å². The largest absolute Gasteiger partial charge is 0.485 e. The van der Waals surface area contributed by atoms with E-state index < -0.39 is 0 Å². The lowest BCUT2D eigenvalue weighted by Crippen LogP contribution is -2.47. The van der Waals surface area contributed by atoms with Gasteiger partial charge in [-0.15, -0.1) is 0 Å². The van der Waals surface area contributed by atoms with Crippen LogP contribution in [0.4, 0.5) is 0 Å². The summed E-state index contributed by atoms with van der Waals surface area (Å²) in [5.74, 6) is 1.54. The lowest BCUT2D eigenvalue weighted by molar-refractivity contribution is 0.0204. The van der Waals surface area contributed by atoms with E-state index in [9.17, 15) is 4.79 Å². The van der Waals surface area contributed by atoms with Crippen LogP contribution >= 0.6 is 0 Å². The van der Waals surface area contributed by atoms with Gasteiger partial charge in [-0.3, -0.25) is 9.69 Å². The minimum atomic E-state index is -0.0922. The zero-order chi connectivity index (χ0) is 18.4. The first kappa shape index (κ1) is 18.3. The van der Waals surface area contributed by atoms with Crippen molar-refractivity contribution in [2.75, 3.05) is 32.8 Å². The second-order valence-electron chi connectivity index (χ2n) is 6.25.